The summed E-state index contributed by atoms with van der Waals surface area (Å²) < 4.78 is 80.5. The average Bonchev–Trinajstić information content (AvgIpc) is 2.69. The van der Waals surface area contributed by atoms with Gasteiger partial charge in [-0.05, 0) is 18.8 Å². The number of carbonyl (C=O) groups excluding carboxylic acids is 2. The van der Waals surface area contributed by atoms with Crippen molar-refractivity contribution in [2.45, 2.75) is 59.0 Å². The van der Waals surface area contributed by atoms with E-state index < -0.39 is 60.0 Å². The maximum Gasteiger partial charge on any atom is 0.306 e. The van der Waals surface area contributed by atoms with Crippen LogP contribution in [0.5, 0.6) is 5.75 Å². The van der Waals surface area contributed by atoms with E-state index in [0.717, 1.165) is 12.8 Å². The van der Waals surface area contributed by atoms with E-state index in [0.29, 0.717) is 0 Å². The van der Waals surface area contributed by atoms with Crippen LogP contribution in [-0.4, -0.2) is 31.3 Å². The molecule has 1 aromatic rings. The molecule has 0 aliphatic rings. The Morgan fingerprint density at radius 2 is 1.37 bits per heavy atom. The molecule has 0 bridgehead atoms. The largest absolute Gasteiger partial charge is 0.484 e. The third kappa shape index (κ3) is 7.46. The molecule has 0 amide bonds. The fourth-order valence-electron chi connectivity index (χ4n) is 2.50. The normalized spacial score (nSPS) is 12.0. The van der Waals surface area contributed by atoms with Gasteiger partial charge in [-0.1, -0.05) is 27.2 Å². The van der Waals surface area contributed by atoms with E-state index >= 15 is 0 Å². The van der Waals surface area contributed by atoms with Gasteiger partial charge in [-0.25, -0.2) is 13.2 Å². The molecule has 5 nitrogen and oxygen atoms in total. The maximum absolute atomic E-state index is 13.4. The topological polar surface area (TPSA) is 61.8 Å². The molecule has 0 aliphatic heterocycles. The lowest BCUT2D eigenvalue weighted by molar-refractivity contribution is -0.152. The molecular formula is C20H25F5O5. The smallest absolute Gasteiger partial charge is 0.306 e. The molecule has 0 aliphatic carbocycles. The molecule has 1 atom stereocenters. The van der Waals surface area contributed by atoms with Gasteiger partial charge >= 0.3 is 11.9 Å². The third-order valence-electron chi connectivity index (χ3n) is 4.12. The molecular weight excluding hydrogens is 415 g/mol. The number of benzene rings is 1. The molecule has 0 fully saturated rings. The number of esters is 2. The molecule has 0 radical (unpaired) electrons. The highest BCUT2D eigenvalue weighted by Crippen LogP contribution is 2.29. The predicted octanol–water partition coefficient (Wildman–Crippen LogP) is 4.84. The first-order valence-corrected chi connectivity index (χ1v) is 9.59. The number of ether oxygens (including phenoxy) is 3. The summed E-state index contributed by atoms with van der Waals surface area (Å²) in [6, 6.07) is 0. The minimum absolute atomic E-state index is 0.0170. The first-order chi connectivity index (χ1) is 14.1. The fourth-order valence-corrected chi connectivity index (χ4v) is 2.50. The minimum atomic E-state index is -2.29. The van der Waals surface area contributed by atoms with E-state index in [9.17, 15) is 31.5 Å². The van der Waals surface area contributed by atoms with Gasteiger partial charge in [-0.3, -0.25) is 9.59 Å². The zero-order valence-corrected chi connectivity index (χ0v) is 17.0. The Balaban J connectivity index is 2.34. The molecule has 0 aromatic heterocycles. The van der Waals surface area contributed by atoms with Crippen molar-refractivity contribution in [3.63, 3.8) is 0 Å². The summed E-state index contributed by atoms with van der Waals surface area (Å²) in [5.41, 5.74) is 0. The minimum Gasteiger partial charge on any atom is -0.484 e. The lowest BCUT2D eigenvalue weighted by atomic mass is 10.0. The molecule has 30 heavy (non-hydrogen) atoms. The van der Waals surface area contributed by atoms with Gasteiger partial charge in [-0.2, -0.15) is 8.78 Å². The predicted molar refractivity (Wildman–Crippen MR) is 96.2 cm³/mol. The van der Waals surface area contributed by atoms with Crippen molar-refractivity contribution in [3.8, 4) is 5.75 Å². The average molecular weight is 440 g/mol. The van der Waals surface area contributed by atoms with Crippen LogP contribution >= 0.6 is 0 Å². The second-order valence-electron chi connectivity index (χ2n) is 6.88. The zero-order chi connectivity index (χ0) is 22.8. The quantitative estimate of drug-likeness (QED) is 0.153. The third-order valence-corrected chi connectivity index (χ3v) is 4.12. The molecule has 0 N–H and O–H groups in total. The van der Waals surface area contributed by atoms with E-state index in [1.165, 1.54) is 0 Å². The standard InChI is InChI=1S/C20H25F5O5/c1-4-6-12(11(2)3)30-14(27)8-5-7-13(26)28-9-10-29-20-18(24)16(22)15(21)17(23)19(20)25/h11-12H,4-10H2,1-3H3. The van der Waals surface area contributed by atoms with Crippen molar-refractivity contribution >= 4 is 11.9 Å². The molecule has 0 saturated heterocycles. The van der Waals surface area contributed by atoms with Gasteiger partial charge in [0.1, 0.15) is 19.3 Å². The number of halogens is 5. The Kier molecular flexibility index (Phi) is 10.5. The van der Waals surface area contributed by atoms with E-state index in [-0.39, 0.29) is 31.3 Å². The highest BCUT2D eigenvalue weighted by atomic mass is 19.2. The number of hydrogen-bond acceptors (Lipinski definition) is 5. The lowest BCUT2D eigenvalue weighted by Crippen LogP contribution is -2.23. The van der Waals surface area contributed by atoms with Gasteiger partial charge in [0.05, 0.1) is 0 Å². The summed E-state index contributed by atoms with van der Waals surface area (Å²) in [5, 5.41) is 0. The maximum atomic E-state index is 13.4. The highest BCUT2D eigenvalue weighted by Gasteiger charge is 2.27. The zero-order valence-electron chi connectivity index (χ0n) is 17.0. The van der Waals surface area contributed by atoms with Crippen molar-refractivity contribution in [1.29, 1.82) is 0 Å². The highest BCUT2D eigenvalue weighted by molar-refractivity contribution is 5.72. The molecule has 170 valence electrons. The summed E-state index contributed by atoms with van der Waals surface area (Å²) in [7, 11) is 0. The molecule has 0 heterocycles. The van der Waals surface area contributed by atoms with Crippen LogP contribution in [0.2, 0.25) is 0 Å². The SMILES string of the molecule is CCCC(OC(=O)CCCC(=O)OCCOc1c(F)c(F)c(F)c(F)c1F)C(C)C. The summed E-state index contributed by atoms with van der Waals surface area (Å²) in [5.74, 6) is -13.2. The van der Waals surface area contributed by atoms with Crippen molar-refractivity contribution in [3.05, 3.63) is 29.1 Å². The molecule has 10 heteroatoms. The van der Waals surface area contributed by atoms with E-state index in [1.807, 2.05) is 20.8 Å². The van der Waals surface area contributed by atoms with Crippen LogP contribution in [0.3, 0.4) is 0 Å². The first-order valence-electron chi connectivity index (χ1n) is 9.59. The Morgan fingerprint density at radius 3 is 1.90 bits per heavy atom. The van der Waals surface area contributed by atoms with Crippen LogP contribution in [0.1, 0.15) is 52.9 Å². The molecule has 1 rings (SSSR count). The van der Waals surface area contributed by atoms with Gasteiger partial charge in [-0.15, -0.1) is 0 Å². The van der Waals surface area contributed by atoms with Gasteiger partial charge in [0, 0.05) is 12.8 Å². The monoisotopic (exact) mass is 440 g/mol. The van der Waals surface area contributed by atoms with Gasteiger partial charge < -0.3 is 14.2 Å². The van der Waals surface area contributed by atoms with Crippen LogP contribution in [0.4, 0.5) is 22.0 Å². The van der Waals surface area contributed by atoms with Crippen LogP contribution in [0.25, 0.3) is 0 Å². The second-order valence-corrected chi connectivity index (χ2v) is 6.88. The van der Waals surface area contributed by atoms with Gasteiger partial charge in [0.25, 0.3) is 0 Å². The summed E-state index contributed by atoms with van der Waals surface area (Å²) in [6.07, 6.45) is 1.51. The van der Waals surface area contributed by atoms with Crippen LogP contribution < -0.4 is 4.74 Å². The van der Waals surface area contributed by atoms with Crippen molar-refractivity contribution < 1.29 is 45.8 Å². The van der Waals surface area contributed by atoms with Gasteiger partial charge in [0.15, 0.2) is 5.75 Å². The van der Waals surface area contributed by atoms with Crippen LogP contribution in [0, 0.1) is 35.0 Å². The van der Waals surface area contributed by atoms with Crippen molar-refractivity contribution in [2.24, 2.45) is 5.92 Å². The van der Waals surface area contributed by atoms with E-state index in [1.54, 1.807) is 0 Å². The van der Waals surface area contributed by atoms with Crippen molar-refractivity contribution in [1.82, 2.24) is 0 Å². The molecule has 0 saturated carbocycles. The lowest BCUT2D eigenvalue weighted by Gasteiger charge is -2.20. The molecule has 1 aromatic carbocycles. The molecule has 1 unspecified atom stereocenters. The Labute approximate surface area is 171 Å². The van der Waals surface area contributed by atoms with Crippen LogP contribution in [-0.2, 0) is 19.1 Å². The van der Waals surface area contributed by atoms with E-state index in [2.05, 4.69) is 4.74 Å². The Morgan fingerprint density at radius 1 is 0.833 bits per heavy atom. The second kappa shape index (κ2) is 12.3. The Bertz CT molecular complexity index is 710. The number of rotatable bonds is 12. The van der Waals surface area contributed by atoms with Crippen molar-refractivity contribution in [2.75, 3.05) is 13.2 Å². The first kappa shape index (κ1) is 25.6. The Hall–Kier alpha value is -2.39. The van der Waals surface area contributed by atoms with Gasteiger partial charge in [0.2, 0.25) is 29.1 Å². The summed E-state index contributed by atoms with van der Waals surface area (Å²) in [4.78, 5) is 23.4. The number of hydrogen-bond donors (Lipinski definition) is 0. The summed E-state index contributed by atoms with van der Waals surface area (Å²) >= 11 is 0. The summed E-state index contributed by atoms with van der Waals surface area (Å²) in [6.45, 7) is 4.77. The van der Waals surface area contributed by atoms with Crippen LogP contribution in [0.15, 0.2) is 0 Å². The number of carbonyl (C=O) groups is 2. The van der Waals surface area contributed by atoms with E-state index in [4.69, 9.17) is 9.47 Å². The molecule has 0 spiro atoms. The fraction of sp³-hybridized carbons (Fsp3) is 0.600.